The lowest BCUT2D eigenvalue weighted by Gasteiger charge is -2.20. The summed E-state index contributed by atoms with van der Waals surface area (Å²) < 4.78 is 16.7. The Balaban J connectivity index is 1.35. The molecule has 0 N–H and O–H groups in total. The Labute approximate surface area is 222 Å². The molecule has 8 heteroatoms. The van der Waals surface area contributed by atoms with Crippen LogP contribution in [0.3, 0.4) is 0 Å². The predicted molar refractivity (Wildman–Crippen MR) is 147 cm³/mol. The van der Waals surface area contributed by atoms with Crippen molar-refractivity contribution in [2.24, 2.45) is 0 Å². The second-order valence-electron chi connectivity index (χ2n) is 9.73. The quantitative estimate of drug-likeness (QED) is 0.322. The number of fused-ring (bicyclic) bond motifs is 1. The van der Waals surface area contributed by atoms with Crippen molar-refractivity contribution in [1.82, 2.24) is 15.0 Å². The average Bonchev–Trinajstić information content (AvgIpc) is 3.53. The first-order chi connectivity index (χ1) is 18.3. The number of aromatic nitrogens is 2. The molecule has 8 nitrogen and oxygen atoms in total. The van der Waals surface area contributed by atoms with Crippen molar-refractivity contribution in [3.05, 3.63) is 77.2 Å². The van der Waals surface area contributed by atoms with Gasteiger partial charge in [-0.3, -0.25) is 4.79 Å². The van der Waals surface area contributed by atoms with Crippen LogP contribution in [0.25, 0.3) is 22.5 Å². The van der Waals surface area contributed by atoms with Crippen molar-refractivity contribution in [2.75, 3.05) is 45.8 Å². The number of aryl methyl sites for hydroxylation is 2. The van der Waals surface area contributed by atoms with Gasteiger partial charge in [0.1, 0.15) is 6.61 Å². The maximum atomic E-state index is 13.5. The van der Waals surface area contributed by atoms with Gasteiger partial charge in [0.25, 0.3) is 5.91 Å². The van der Waals surface area contributed by atoms with E-state index in [0.717, 1.165) is 46.5 Å². The summed E-state index contributed by atoms with van der Waals surface area (Å²) in [5.74, 6) is 2.43. The van der Waals surface area contributed by atoms with E-state index in [0.29, 0.717) is 41.9 Å². The van der Waals surface area contributed by atoms with E-state index in [9.17, 15) is 4.79 Å². The van der Waals surface area contributed by atoms with Crippen LogP contribution in [0, 0.1) is 13.8 Å². The van der Waals surface area contributed by atoms with Gasteiger partial charge in [0.15, 0.2) is 11.5 Å². The fourth-order valence-electron chi connectivity index (χ4n) is 4.71. The monoisotopic (exact) mass is 512 g/mol. The number of hydrogen-bond donors (Lipinski definition) is 0. The number of anilines is 1. The largest absolute Gasteiger partial charge is 0.493 e. The first kappa shape index (κ1) is 25.5. The molecule has 0 spiro atoms. The van der Waals surface area contributed by atoms with E-state index in [4.69, 9.17) is 14.0 Å². The lowest BCUT2D eigenvalue weighted by atomic mass is 9.97. The summed E-state index contributed by atoms with van der Waals surface area (Å²) >= 11 is 0. The van der Waals surface area contributed by atoms with Crippen LogP contribution in [0.5, 0.6) is 11.5 Å². The topological polar surface area (TPSA) is 80.9 Å². The zero-order chi connectivity index (χ0) is 26.8. The van der Waals surface area contributed by atoms with Crippen LogP contribution < -0.4 is 14.4 Å². The Morgan fingerprint density at radius 1 is 1.03 bits per heavy atom. The standard InChI is InChI=1S/C30H32N4O4/c1-19-16-24(29-31-20(2)38-32-29)10-11-25(19)21-6-8-22(9-7-21)30(35)34-13-12-23-17-27(36-5)28(18-26(23)34)37-15-14-33(3)4/h6-11,16-18H,12-15H2,1-5H3. The molecule has 0 atom stereocenters. The van der Waals surface area contributed by atoms with Crippen molar-refractivity contribution in [1.29, 1.82) is 0 Å². The molecule has 0 radical (unpaired) electrons. The van der Waals surface area contributed by atoms with E-state index in [2.05, 4.69) is 28.0 Å². The van der Waals surface area contributed by atoms with Crippen LogP contribution in [-0.4, -0.2) is 61.8 Å². The highest BCUT2D eigenvalue weighted by Gasteiger charge is 2.28. The molecule has 1 aliphatic rings. The molecular formula is C30H32N4O4. The Bertz CT molecular complexity index is 1460. The minimum atomic E-state index is -0.0285. The fraction of sp³-hybridized carbons (Fsp3) is 0.300. The lowest BCUT2D eigenvalue weighted by molar-refractivity contribution is 0.0989. The summed E-state index contributed by atoms with van der Waals surface area (Å²) in [5, 5.41) is 4.01. The highest BCUT2D eigenvalue weighted by Crippen LogP contribution is 2.39. The summed E-state index contributed by atoms with van der Waals surface area (Å²) in [6, 6.07) is 17.8. The summed E-state index contributed by atoms with van der Waals surface area (Å²) in [6.45, 7) is 5.77. The van der Waals surface area contributed by atoms with Crippen LogP contribution in [0.15, 0.2) is 59.1 Å². The van der Waals surface area contributed by atoms with Crippen LogP contribution in [-0.2, 0) is 6.42 Å². The van der Waals surface area contributed by atoms with Crippen molar-refractivity contribution in [3.8, 4) is 34.0 Å². The lowest BCUT2D eigenvalue weighted by Crippen LogP contribution is -2.28. The Kier molecular flexibility index (Phi) is 7.15. The number of ether oxygens (including phenoxy) is 2. The number of amides is 1. The van der Waals surface area contributed by atoms with E-state index in [1.807, 2.05) is 67.5 Å². The number of carbonyl (C=O) groups is 1. The van der Waals surface area contributed by atoms with E-state index < -0.39 is 0 Å². The van der Waals surface area contributed by atoms with Gasteiger partial charge >= 0.3 is 0 Å². The van der Waals surface area contributed by atoms with Crippen molar-refractivity contribution >= 4 is 11.6 Å². The van der Waals surface area contributed by atoms with E-state index in [-0.39, 0.29) is 5.91 Å². The number of rotatable bonds is 8. The third-order valence-electron chi connectivity index (χ3n) is 6.76. The van der Waals surface area contributed by atoms with Gasteiger partial charge in [0, 0.05) is 37.2 Å². The zero-order valence-corrected chi connectivity index (χ0v) is 22.4. The number of nitrogens with zero attached hydrogens (tertiary/aromatic N) is 4. The van der Waals surface area contributed by atoms with Gasteiger partial charge in [0.2, 0.25) is 11.7 Å². The van der Waals surface area contributed by atoms with Crippen LogP contribution in [0.2, 0.25) is 0 Å². The van der Waals surface area contributed by atoms with Gasteiger partial charge < -0.3 is 23.8 Å². The summed E-state index contributed by atoms with van der Waals surface area (Å²) in [7, 11) is 5.64. The van der Waals surface area contributed by atoms with Crippen LogP contribution in [0.1, 0.15) is 27.4 Å². The number of carbonyl (C=O) groups excluding carboxylic acids is 1. The number of hydrogen-bond acceptors (Lipinski definition) is 7. The molecule has 5 rings (SSSR count). The second kappa shape index (κ2) is 10.7. The highest BCUT2D eigenvalue weighted by molar-refractivity contribution is 6.07. The summed E-state index contributed by atoms with van der Waals surface area (Å²) in [4.78, 5) is 21.7. The molecule has 0 fully saturated rings. The molecule has 3 aromatic carbocycles. The Morgan fingerprint density at radius 2 is 1.79 bits per heavy atom. The normalized spacial score (nSPS) is 12.6. The SMILES string of the molecule is COc1cc2c(cc1OCCN(C)C)N(C(=O)c1ccc(-c3ccc(-c4noc(C)n4)cc3C)cc1)CC2. The van der Waals surface area contributed by atoms with Crippen molar-refractivity contribution < 1.29 is 18.8 Å². The number of likely N-dealkylation sites (N-methyl/N-ethyl adjacent to an activating group) is 1. The summed E-state index contributed by atoms with van der Waals surface area (Å²) in [6.07, 6.45) is 0.777. The van der Waals surface area contributed by atoms with Gasteiger partial charge in [-0.15, -0.1) is 0 Å². The maximum Gasteiger partial charge on any atom is 0.258 e. The highest BCUT2D eigenvalue weighted by atomic mass is 16.5. The molecule has 1 aliphatic heterocycles. The molecule has 0 saturated carbocycles. The fourth-order valence-corrected chi connectivity index (χ4v) is 4.71. The molecule has 0 bridgehead atoms. The number of benzene rings is 3. The minimum Gasteiger partial charge on any atom is -0.493 e. The Morgan fingerprint density at radius 3 is 2.45 bits per heavy atom. The minimum absolute atomic E-state index is 0.0285. The van der Waals surface area contributed by atoms with E-state index >= 15 is 0 Å². The first-order valence-electron chi connectivity index (χ1n) is 12.7. The molecule has 1 aromatic heterocycles. The Hall–Kier alpha value is -4.17. The van der Waals surface area contributed by atoms with E-state index in [1.54, 1.807) is 14.0 Å². The third-order valence-corrected chi connectivity index (χ3v) is 6.76. The van der Waals surface area contributed by atoms with Crippen molar-refractivity contribution in [2.45, 2.75) is 20.3 Å². The van der Waals surface area contributed by atoms with Gasteiger partial charge in [0.05, 0.1) is 12.8 Å². The maximum absolute atomic E-state index is 13.5. The molecule has 4 aromatic rings. The zero-order valence-electron chi connectivity index (χ0n) is 22.4. The van der Waals surface area contributed by atoms with E-state index in [1.165, 1.54) is 0 Å². The van der Waals surface area contributed by atoms with Crippen LogP contribution in [0.4, 0.5) is 5.69 Å². The predicted octanol–water partition coefficient (Wildman–Crippen LogP) is 5.17. The molecule has 38 heavy (non-hydrogen) atoms. The number of methoxy groups -OCH3 is 1. The third kappa shape index (κ3) is 5.13. The van der Waals surface area contributed by atoms with Crippen molar-refractivity contribution in [3.63, 3.8) is 0 Å². The van der Waals surface area contributed by atoms with Gasteiger partial charge in [-0.25, -0.2) is 0 Å². The molecule has 2 heterocycles. The van der Waals surface area contributed by atoms with Gasteiger partial charge in [-0.1, -0.05) is 29.4 Å². The molecule has 0 unspecified atom stereocenters. The molecule has 0 aliphatic carbocycles. The molecule has 1 amide bonds. The molecule has 0 saturated heterocycles. The van der Waals surface area contributed by atoms with Gasteiger partial charge in [-0.05, 0) is 74.0 Å². The first-order valence-corrected chi connectivity index (χ1v) is 12.7. The summed E-state index contributed by atoms with van der Waals surface area (Å²) in [5.41, 5.74) is 6.73. The molecular weight excluding hydrogens is 480 g/mol. The second-order valence-corrected chi connectivity index (χ2v) is 9.73. The smallest absolute Gasteiger partial charge is 0.258 e. The van der Waals surface area contributed by atoms with Gasteiger partial charge in [-0.2, -0.15) is 4.98 Å². The molecule has 196 valence electrons. The van der Waals surface area contributed by atoms with Crippen LogP contribution >= 0.6 is 0 Å². The average molecular weight is 513 g/mol.